The Bertz CT molecular complexity index is 2120. The summed E-state index contributed by atoms with van der Waals surface area (Å²) in [5.74, 6) is -0.811. The Hall–Kier alpha value is -5.77. The van der Waals surface area contributed by atoms with E-state index in [-0.39, 0.29) is 17.3 Å². The van der Waals surface area contributed by atoms with E-state index < -0.39 is 16.4 Å². The van der Waals surface area contributed by atoms with Crippen LogP contribution in [0.5, 0.6) is 0 Å². The number of carboxylic acids is 1. The van der Waals surface area contributed by atoms with Crippen molar-refractivity contribution in [3.63, 3.8) is 0 Å². The van der Waals surface area contributed by atoms with E-state index in [2.05, 4.69) is 31.9 Å². The summed E-state index contributed by atoms with van der Waals surface area (Å²) in [5, 5.41) is 7.42. The molecular formula is C42H36Br2O11S. The highest BCUT2D eigenvalue weighted by atomic mass is 79.9. The van der Waals surface area contributed by atoms with Crippen LogP contribution in [0, 0.1) is 0 Å². The lowest BCUT2D eigenvalue weighted by Crippen LogP contribution is -1.93. The first-order valence-corrected chi connectivity index (χ1v) is 18.9. The molecule has 0 unspecified atom stereocenters. The number of ketones is 3. The lowest BCUT2D eigenvalue weighted by atomic mass is 10.1. The first-order chi connectivity index (χ1) is 26.4. The van der Waals surface area contributed by atoms with Gasteiger partial charge in [-0.3, -0.25) is 37.9 Å². The summed E-state index contributed by atoms with van der Waals surface area (Å²) in [6, 6.07) is 38.1. The van der Waals surface area contributed by atoms with Gasteiger partial charge in [-0.25, -0.2) is 0 Å². The van der Waals surface area contributed by atoms with Crippen LogP contribution in [0.2, 0.25) is 0 Å². The zero-order valence-electron chi connectivity index (χ0n) is 29.9. The van der Waals surface area contributed by atoms with E-state index in [4.69, 9.17) is 27.4 Å². The van der Waals surface area contributed by atoms with Crippen molar-refractivity contribution < 1.29 is 51.4 Å². The minimum absolute atomic E-state index is 0.0491. The Morgan fingerprint density at radius 3 is 1.05 bits per heavy atom. The van der Waals surface area contributed by atoms with Gasteiger partial charge in [-0.05, 0) is 66.6 Å². The zero-order valence-corrected chi connectivity index (χ0v) is 33.8. The van der Waals surface area contributed by atoms with Crippen LogP contribution in [-0.4, -0.2) is 58.5 Å². The molecule has 0 heterocycles. The maximum atomic E-state index is 12.2. The van der Waals surface area contributed by atoms with Crippen molar-refractivity contribution in [3.8, 4) is 0 Å². The fraction of sp³-hybridized carbons (Fsp3) is 0.0476. The molecule has 0 radical (unpaired) electrons. The Morgan fingerprint density at radius 1 is 0.518 bits per heavy atom. The molecule has 0 amide bonds. The summed E-state index contributed by atoms with van der Waals surface area (Å²) < 4.78 is 33.2. The minimum Gasteiger partial charge on any atom is -0.481 e. The summed E-state index contributed by atoms with van der Waals surface area (Å²) in [6.07, 6.45) is 8.07. The topological polar surface area (TPSA) is 197 Å². The number of aliphatic carboxylic acids is 1. The van der Waals surface area contributed by atoms with Crippen molar-refractivity contribution in [3.05, 3.63) is 187 Å². The number of rotatable bonds is 9. The van der Waals surface area contributed by atoms with Crippen molar-refractivity contribution >= 4 is 90.3 Å². The molecule has 0 aromatic heterocycles. The average molecular weight is 909 g/mol. The molecule has 0 fully saturated rings. The number of aldehydes is 2. The number of carbonyl (C=O) groups excluding carboxylic acids is 5. The molecule has 0 atom stereocenters. The van der Waals surface area contributed by atoms with Crippen molar-refractivity contribution in [1.82, 2.24) is 0 Å². The first kappa shape index (κ1) is 48.2. The SMILES string of the molecule is CC(=O)O.CC(=O)c1ccccc1.O=C(/C=C/c1cc(Br)cc(/C=C/C(=O)c2ccccc2)c1)c1ccccc1.O=Cc1cc(Br)cc(C=O)c1.O=S(=O)(O)O. The van der Waals surface area contributed by atoms with E-state index >= 15 is 0 Å². The summed E-state index contributed by atoms with van der Waals surface area (Å²) in [5.41, 5.74) is 4.83. The molecule has 5 aromatic rings. The maximum absolute atomic E-state index is 12.2. The highest BCUT2D eigenvalue weighted by Crippen LogP contribution is 2.19. The van der Waals surface area contributed by atoms with Crippen LogP contribution in [0.3, 0.4) is 0 Å². The molecular weight excluding hydrogens is 872 g/mol. The molecule has 0 saturated carbocycles. The largest absolute Gasteiger partial charge is 0.481 e. The van der Waals surface area contributed by atoms with Gasteiger partial charge in [0.15, 0.2) is 17.3 Å². The maximum Gasteiger partial charge on any atom is 0.394 e. The van der Waals surface area contributed by atoms with Gasteiger partial charge < -0.3 is 5.11 Å². The molecule has 5 aromatic carbocycles. The fourth-order valence-corrected chi connectivity index (χ4v) is 5.07. The molecule has 0 saturated heterocycles. The van der Waals surface area contributed by atoms with Crippen LogP contribution in [-0.2, 0) is 15.2 Å². The Balaban J connectivity index is 0.000000440. The predicted molar refractivity (Wildman–Crippen MR) is 223 cm³/mol. The van der Waals surface area contributed by atoms with E-state index in [1.165, 1.54) is 6.07 Å². The number of Topliss-reactive ketones (excluding diaryl/α,β-unsaturated/α-hetero) is 1. The molecule has 0 aliphatic heterocycles. The van der Waals surface area contributed by atoms with Gasteiger partial charge in [0.05, 0.1) is 0 Å². The number of carbonyl (C=O) groups is 6. The quantitative estimate of drug-likeness (QED) is 0.0551. The van der Waals surface area contributed by atoms with E-state index in [0.29, 0.717) is 34.8 Å². The summed E-state index contributed by atoms with van der Waals surface area (Å²) >= 11 is 6.66. The molecule has 0 aliphatic rings. The molecule has 0 bridgehead atoms. The van der Waals surface area contributed by atoms with Gasteiger partial charge in [0.25, 0.3) is 5.97 Å². The normalized spacial score (nSPS) is 10.1. The molecule has 56 heavy (non-hydrogen) atoms. The molecule has 5 rings (SSSR count). The van der Waals surface area contributed by atoms with Crippen LogP contribution < -0.4 is 0 Å². The minimum atomic E-state index is -4.67. The second-order valence-corrected chi connectivity index (χ2v) is 13.6. The molecule has 290 valence electrons. The molecule has 0 aliphatic carbocycles. The Morgan fingerprint density at radius 2 is 0.786 bits per heavy atom. The molecule has 11 nitrogen and oxygen atoms in total. The number of halogens is 2. The van der Waals surface area contributed by atoms with Gasteiger partial charge in [0.2, 0.25) is 0 Å². The lowest BCUT2D eigenvalue weighted by molar-refractivity contribution is -0.134. The zero-order chi connectivity index (χ0) is 42.1. The smallest absolute Gasteiger partial charge is 0.394 e. The van der Waals surface area contributed by atoms with E-state index in [1.54, 1.807) is 67.6 Å². The van der Waals surface area contributed by atoms with Crippen molar-refractivity contribution in [2.24, 2.45) is 0 Å². The lowest BCUT2D eigenvalue weighted by Gasteiger charge is -2.01. The van der Waals surface area contributed by atoms with Crippen molar-refractivity contribution in [2.45, 2.75) is 13.8 Å². The highest BCUT2D eigenvalue weighted by molar-refractivity contribution is 9.10. The van der Waals surface area contributed by atoms with Crippen molar-refractivity contribution in [1.29, 1.82) is 0 Å². The second-order valence-electron chi connectivity index (χ2n) is 10.9. The van der Waals surface area contributed by atoms with Crippen LogP contribution in [0.1, 0.15) is 76.8 Å². The van der Waals surface area contributed by atoms with Crippen LogP contribution in [0.25, 0.3) is 12.2 Å². The number of hydrogen-bond acceptors (Lipinski definition) is 8. The monoisotopic (exact) mass is 906 g/mol. The average Bonchev–Trinajstić information content (AvgIpc) is 3.16. The fourth-order valence-electron chi connectivity index (χ4n) is 4.01. The van der Waals surface area contributed by atoms with Gasteiger partial charge >= 0.3 is 10.4 Å². The van der Waals surface area contributed by atoms with Gasteiger partial charge in [-0.2, -0.15) is 8.42 Å². The van der Waals surface area contributed by atoms with Crippen LogP contribution in [0.15, 0.2) is 148 Å². The van der Waals surface area contributed by atoms with Gasteiger partial charge in [0, 0.05) is 43.7 Å². The first-order valence-electron chi connectivity index (χ1n) is 15.9. The predicted octanol–water partition coefficient (Wildman–Crippen LogP) is 9.64. The third-order valence-corrected chi connectivity index (χ3v) is 7.22. The third-order valence-electron chi connectivity index (χ3n) is 6.31. The Kier molecular flexibility index (Phi) is 22.5. The summed E-state index contributed by atoms with van der Waals surface area (Å²) in [4.78, 5) is 64.6. The third kappa shape index (κ3) is 23.1. The van der Waals surface area contributed by atoms with Crippen molar-refractivity contribution in [2.75, 3.05) is 0 Å². The Labute approximate surface area is 341 Å². The van der Waals surface area contributed by atoms with Gasteiger partial charge in [-0.15, -0.1) is 0 Å². The molecule has 14 heteroatoms. The number of carboxylic acid groups (broad SMARTS) is 1. The van der Waals surface area contributed by atoms with E-state index in [0.717, 1.165) is 32.6 Å². The number of allylic oxidation sites excluding steroid dienone is 2. The number of hydrogen-bond donors (Lipinski definition) is 3. The molecule has 3 N–H and O–H groups in total. The van der Waals surface area contributed by atoms with Crippen LogP contribution >= 0.6 is 31.9 Å². The van der Waals surface area contributed by atoms with Gasteiger partial charge in [-0.1, -0.05) is 135 Å². The number of benzene rings is 5. The van der Waals surface area contributed by atoms with E-state index in [9.17, 15) is 24.0 Å². The van der Waals surface area contributed by atoms with E-state index in [1.807, 2.05) is 84.9 Å². The summed E-state index contributed by atoms with van der Waals surface area (Å²) in [7, 11) is -4.67. The van der Waals surface area contributed by atoms with Gasteiger partial charge in [0.1, 0.15) is 12.6 Å². The second kappa shape index (κ2) is 26.1. The standard InChI is InChI=1S/C24H17BrO2.C8H5BrO2.C8H8O.C2H4O2.H2O4S/c25-22-16-18(11-13-23(26)20-7-3-1-4-8-20)15-19(17-22)12-14-24(27)21-9-5-2-6-10-21;9-8-2-6(4-10)1-7(3-8)5-11;1-7(9)8-5-3-2-4-6-8;1-2(3)4;1-5(2,3)4/h1-17H;1-5H;2-6H,1H3;1H3,(H,3,4);(H2,1,2,3,4)/b13-11+,14-12+;;;;. The van der Waals surface area contributed by atoms with Crippen LogP contribution in [0.4, 0.5) is 0 Å². The summed E-state index contributed by atoms with van der Waals surface area (Å²) in [6.45, 7) is 2.65. The molecule has 0 spiro atoms. The highest BCUT2D eigenvalue weighted by Gasteiger charge is 2.03.